The fourth-order valence-corrected chi connectivity index (χ4v) is 3.91. The molecule has 4 heterocycles. The fourth-order valence-electron chi connectivity index (χ4n) is 3.13. The van der Waals surface area contributed by atoms with Gasteiger partial charge in [-0.05, 0) is 43.5 Å². The first-order valence-corrected chi connectivity index (χ1v) is 9.79. The zero-order chi connectivity index (χ0) is 18.5. The molecule has 138 valence electrons. The predicted octanol–water partition coefficient (Wildman–Crippen LogP) is 2.08. The number of thiazole rings is 1. The van der Waals surface area contributed by atoms with E-state index in [1.165, 1.54) is 17.8 Å². The second-order valence-corrected chi connectivity index (χ2v) is 7.42. The summed E-state index contributed by atoms with van der Waals surface area (Å²) in [5, 5.41) is 9.00. The number of carbonyl (C=O) groups is 1. The zero-order valence-electron chi connectivity index (χ0n) is 14.8. The zero-order valence-corrected chi connectivity index (χ0v) is 15.6. The molecule has 0 aromatic carbocycles. The molecular weight excluding hydrogens is 360 g/mol. The minimum Gasteiger partial charge on any atom is -0.346 e. The molecule has 0 aliphatic carbocycles. The van der Waals surface area contributed by atoms with Crippen molar-refractivity contribution >= 4 is 17.2 Å². The van der Waals surface area contributed by atoms with E-state index in [9.17, 15) is 4.79 Å². The predicted molar refractivity (Wildman–Crippen MR) is 103 cm³/mol. The number of hydrogen-bond acceptors (Lipinski definition) is 7. The van der Waals surface area contributed by atoms with Crippen LogP contribution in [0, 0.1) is 5.92 Å². The van der Waals surface area contributed by atoms with Crippen LogP contribution in [0.3, 0.4) is 0 Å². The Morgan fingerprint density at radius 2 is 2.22 bits per heavy atom. The Balaban J connectivity index is 1.36. The van der Waals surface area contributed by atoms with Crippen LogP contribution in [-0.2, 0) is 13.0 Å². The summed E-state index contributed by atoms with van der Waals surface area (Å²) in [6, 6.07) is 1.94. The molecule has 1 saturated heterocycles. The Morgan fingerprint density at radius 3 is 3.04 bits per heavy atom. The summed E-state index contributed by atoms with van der Waals surface area (Å²) < 4.78 is 0. The van der Waals surface area contributed by atoms with Gasteiger partial charge in [0, 0.05) is 30.2 Å². The normalized spacial score (nSPS) is 16.4. The van der Waals surface area contributed by atoms with Gasteiger partial charge in [-0.15, -0.1) is 11.3 Å². The molecule has 8 heteroatoms. The van der Waals surface area contributed by atoms with Crippen LogP contribution in [0.5, 0.6) is 0 Å². The number of carbonyl (C=O) groups excluding carboxylic acids is 1. The van der Waals surface area contributed by atoms with E-state index in [0.717, 1.165) is 41.5 Å². The number of aromatic nitrogens is 4. The maximum Gasteiger partial charge on any atom is 0.253 e. The van der Waals surface area contributed by atoms with Crippen LogP contribution in [-0.4, -0.2) is 38.9 Å². The van der Waals surface area contributed by atoms with Crippen LogP contribution >= 0.6 is 11.3 Å². The van der Waals surface area contributed by atoms with E-state index in [1.807, 2.05) is 17.6 Å². The molecule has 1 aliphatic rings. The summed E-state index contributed by atoms with van der Waals surface area (Å²) in [6.07, 6.45) is 10.5. The van der Waals surface area contributed by atoms with Crippen molar-refractivity contribution in [2.45, 2.75) is 19.4 Å². The largest absolute Gasteiger partial charge is 0.346 e. The molecule has 0 radical (unpaired) electrons. The topological polar surface area (TPSA) is 92.7 Å². The minimum absolute atomic E-state index is 0.136. The first kappa shape index (κ1) is 17.7. The highest BCUT2D eigenvalue weighted by Crippen LogP contribution is 2.20. The van der Waals surface area contributed by atoms with Crippen LogP contribution in [0.15, 0.2) is 42.4 Å². The van der Waals surface area contributed by atoms with Gasteiger partial charge in [-0.1, -0.05) is 0 Å². The average Bonchev–Trinajstić information content (AvgIpc) is 3.39. The first-order valence-electron chi connectivity index (χ1n) is 8.91. The van der Waals surface area contributed by atoms with Crippen molar-refractivity contribution in [1.29, 1.82) is 0 Å². The van der Waals surface area contributed by atoms with Gasteiger partial charge in [-0.3, -0.25) is 19.7 Å². The van der Waals surface area contributed by atoms with Crippen LogP contribution < -0.4 is 10.6 Å². The lowest BCUT2D eigenvalue weighted by molar-refractivity contribution is 0.0950. The van der Waals surface area contributed by atoms with E-state index in [-0.39, 0.29) is 5.91 Å². The quantitative estimate of drug-likeness (QED) is 0.680. The molecule has 2 N–H and O–H groups in total. The van der Waals surface area contributed by atoms with Gasteiger partial charge in [0.2, 0.25) is 0 Å². The minimum atomic E-state index is -0.136. The summed E-state index contributed by atoms with van der Waals surface area (Å²) >= 11 is 1.49. The Morgan fingerprint density at radius 1 is 1.26 bits per heavy atom. The second-order valence-electron chi connectivity index (χ2n) is 6.56. The van der Waals surface area contributed by atoms with E-state index in [0.29, 0.717) is 18.0 Å². The number of pyridine rings is 1. The molecule has 27 heavy (non-hydrogen) atoms. The monoisotopic (exact) mass is 380 g/mol. The van der Waals surface area contributed by atoms with Crippen molar-refractivity contribution < 1.29 is 4.79 Å². The number of rotatable bonds is 6. The third kappa shape index (κ3) is 4.53. The van der Waals surface area contributed by atoms with Gasteiger partial charge in [-0.2, -0.15) is 0 Å². The molecule has 0 spiro atoms. The number of nitrogens with one attached hydrogen (secondary N) is 2. The average molecular weight is 380 g/mol. The highest BCUT2D eigenvalue weighted by atomic mass is 32.1. The standard InChI is InChI=1S/C19H20N6OS/c26-18(15-6-14(8-22-9-15)5-13-1-2-20-7-13)24-10-16-12-27-19(25-16)17-11-21-3-4-23-17/h3-4,6,8-9,11-13,20H,1-2,5,7,10H2,(H,24,26). The molecule has 1 fully saturated rings. The highest BCUT2D eigenvalue weighted by molar-refractivity contribution is 7.13. The molecule has 1 unspecified atom stereocenters. The molecule has 1 amide bonds. The molecule has 7 nitrogen and oxygen atoms in total. The van der Waals surface area contributed by atoms with Crippen molar-refractivity contribution in [1.82, 2.24) is 30.6 Å². The van der Waals surface area contributed by atoms with E-state index in [4.69, 9.17) is 0 Å². The molecule has 1 aliphatic heterocycles. The lowest BCUT2D eigenvalue weighted by Gasteiger charge is -2.09. The number of hydrogen-bond donors (Lipinski definition) is 2. The van der Waals surface area contributed by atoms with Gasteiger partial charge in [0.25, 0.3) is 5.91 Å². The SMILES string of the molecule is O=C(NCc1csc(-c2cnccn2)n1)c1cncc(CC2CCNC2)c1. The molecule has 0 bridgehead atoms. The molecule has 0 saturated carbocycles. The van der Waals surface area contributed by atoms with Crippen LogP contribution in [0.25, 0.3) is 10.7 Å². The Bertz CT molecular complexity index is 907. The molecule has 3 aromatic rings. The Hall–Kier alpha value is -2.71. The van der Waals surface area contributed by atoms with Crippen molar-refractivity contribution in [2.24, 2.45) is 5.92 Å². The van der Waals surface area contributed by atoms with Crippen LogP contribution in [0.4, 0.5) is 0 Å². The number of nitrogens with zero attached hydrogens (tertiary/aromatic N) is 4. The van der Waals surface area contributed by atoms with Crippen molar-refractivity contribution in [3.8, 4) is 10.7 Å². The van der Waals surface area contributed by atoms with Crippen molar-refractivity contribution in [3.63, 3.8) is 0 Å². The smallest absolute Gasteiger partial charge is 0.253 e. The van der Waals surface area contributed by atoms with Crippen LogP contribution in [0.2, 0.25) is 0 Å². The second kappa shape index (κ2) is 8.32. The maximum atomic E-state index is 12.5. The number of amides is 1. The Labute approximate surface area is 161 Å². The summed E-state index contributed by atoms with van der Waals surface area (Å²) in [6.45, 7) is 2.48. The lowest BCUT2D eigenvalue weighted by atomic mass is 9.99. The van der Waals surface area contributed by atoms with E-state index < -0.39 is 0 Å². The van der Waals surface area contributed by atoms with E-state index in [2.05, 4.69) is 30.6 Å². The fraction of sp³-hybridized carbons (Fsp3) is 0.316. The van der Waals surface area contributed by atoms with Crippen LogP contribution in [0.1, 0.15) is 28.0 Å². The van der Waals surface area contributed by atoms with Crippen molar-refractivity contribution in [2.75, 3.05) is 13.1 Å². The first-order chi connectivity index (χ1) is 13.3. The maximum absolute atomic E-state index is 12.5. The lowest BCUT2D eigenvalue weighted by Crippen LogP contribution is -2.23. The molecular formula is C19H20N6OS. The Kier molecular flexibility index (Phi) is 5.45. The van der Waals surface area contributed by atoms with Gasteiger partial charge in [0.05, 0.1) is 24.0 Å². The van der Waals surface area contributed by atoms with Gasteiger partial charge < -0.3 is 10.6 Å². The van der Waals surface area contributed by atoms with Gasteiger partial charge in [0.1, 0.15) is 10.7 Å². The van der Waals surface area contributed by atoms with Gasteiger partial charge in [0.15, 0.2) is 0 Å². The molecule has 3 aromatic heterocycles. The van der Waals surface area contributed by atoms with Gasteiger partial charge in [-0.25, -0.2) is 4.98 Å². The summed E-state index contributed by atoms with van der Waals surface area (Å²) in [5.41, 5.74) is 3.23. The third-order valence-electron chi connectivity index (χ3n) is 4.51. The molecule has 4 rings (SSSR count). The summed E-state index contributed by atoms with van der Waals surface area (Å²) in [5.74, 6) is 0.488. The summed E-state index contributed by atoms with van der Waals surface area (Å²) in [7, 11) is 0. The summed E-state index contributed by atoms with van der Waals surface area (Å²) in [4.78, 5) is 29.5. The highest BCUT2D eigenvalue weighted by Gasteiger charge is 2.16. The van der Waals surface area contributed by atoms with Crippen molar-refractivity contribution in [3.05, 3.63) is 59.3 Å². The van der Waals surface area contributed by atoms with Gasteiger partial charge >= 0.3 is 0 Å². The molecule has 1 atom stereocenters. The van der Waals surface area contributed by atoms with E-state index >= 15 is 0 Å². The third-order valence-corrected chi connectivity index (χ3v) is 5.42. The van der Waals surface area contributed by atoms with E-state index in [1.54, 1.807) is 24.8 Å².